The predicted octanol–water partition coefficient (Wildman–Crippen LogP) is 8.00. The van der Waals surface area contributed by atoms with Crippen molar-refractivity contribution in [1.29, 1.82) is 0 Å². The van der Waals surface area contributed by atoms with Gasteiger partial charge in [-0.05, 0) is 72.6 Å². The molecule has 0 fully saturated rings. The molecule has 0 spiro atoms. The molecule has 0 radical (unpaired) electrons. The van der Waals surface area contributed by atoms with E-state index in [-0.39, 0.29) is 12.2 Å². The van der Waals surface area contributed by atoms with E-state index in [1.807, 2.05) is 34.6 Å². The molecular formula is C29H60O7. The number of hydrogen-bond donors (Lipinski definition) is 0. The third-order valence-electron chi connectivity index (χ3n) is 6.13. The second-order valence-corrected chi connectivity index (χ2v) is 10.9. The molecule has 0 aromatic heterocycles. The number of unbranched alkanes of at least 4 members (excludes halogenated alkanes) is 3. The highest BCUT2D eigenvalue weighted by molar-refractivity contribution is 4.91. The maximum absolute atomic E-state index is 6.60. The molecule has 3 atom stereocenters. The van der Waals surface area contributed by atoms with Gasteiger partial charge < -0.3 is 23.7 Å². The van der Waals surface area contributed by atoms with E-state index >= 15 is 0 Å². The van der Waals surface area contributed by atoms with Crippen LogP contribution in [0.25, 0.3) is 0 Å². The Kier molecular flexibility index (Phi) is 18.7. The zero-order valence-electron chi connectivity index (χ0n) is 25.6. The molecule has 0 amide bonds. The van der Waals surface area contributed by atoms with E-state index in [9.17, 15) is 0 Å². The summed E-state index contributed by atoms with van der Waals surface area (Å²) in [4.78, 5) is 12.0. The van der Waals surface area contributed by atoms with Crippen LogP contribution in [-0.2, 0) is 33.5 Å². The molecule has 36 heavy (non-hydrogen) atoms. The maximum Gasteiger partial charge on any atom is 0.325 e. The smallest absolute Gasteiger partial charge is 0.325 e. The molecule has 3 unspecified atom stereocenters. The summed E-state index contributed by atoms with van der Waals surface area (Å²) in [5, 5.41) is 0. The second-order valence-electron chi connectivity index (χ2n) is 10.9. The van der Waals surface area contributed by atoms with Crippen molar-refractivity contribution < 1.29 is 33.5 Å². The van der Waals surface area contributed by atoms with Crippen LogP contribution in [0.4, 0.5) is 0 Å². The highest BCUT2D eigenvalue weighted by atomic mass is 17.3. The monoisotopic (exact) mass is 520 g/mol. The molecule has 0 aliphatic heterocycles. The van der Waals surface area contributed by atoms with E-state index in [1.54, 1.807) is 0 Å². The van der Waals surface area contributed by atoms with Gasteiger partial charge in [-0.1, -0.05) is 60.8 Å². The van der Waals surface area contributed by atoms with Gasteiger partial charge in [-0.3, -0.25) is 0 Å². The largest absolute Gasteiger partial charge is 0.327 e. The van der Waals surface area contributed by atoms with Gasteiger partial charge in [0, 0.05) is 0 Å². The summed E-state index contributed by atoms with van der Waals surface area (Å²) < 4.78 is 32.6. The minimum Gasteiger partial charge on any atom is -0.327 e. The third-order valence-corrected chi connectivity index (χ3v) is 6.13. The molecule has 0 aliphatic carbocycles. The zero-order valence-corrected chi connectivity index (χ0v) is 25.6. The fourth-order valence-electron chi connectivity index (χ4n) is 3.52. The lowest BCUT2D eigenvalue weighted by Gasteiger charge is -2.53. The topological polar surface area (TPSA) is 64.6 Å². The van der Waals surface area contributed by atoms with Crippen LogP contribution < -0.4 is 0 Å². The van der Waals surface area contributed by atoms with Gasteiger partial charge in [-0.25, -0.2) is 4.89 Å². The fraction of sp³-hybridized carbons (Fsp3) is 1.00. The quantitative estimate of drug-likeness (QED) is 0.0553. The van der Waals surface area contributed by atoms with Crippen molar-refractivity contribution in [3.05, 3.63) is 0 Å². The van der Waals surface area contributed by atoms with Crippen LogP contribution in [0.2, 0.25) is 0 Å². The standard InChI is InChI=1S/C29H60O7/c1-12-16-18-22-32-29(35-26(9)15-4,36-33-23-19-24(5)6)27(10,11)28(30-20-14-3,34-25(7)8)31-21-17-13-2/h24-26H,12-23H2,1-11H3. The van der Waals surface area contributed by atoms with E-state index in [1.165, 1.54) is 0 Å². The maximum atomic E-state index is 6.60. The molecule has 0 aliphatic rings. The second kappa shape index (κ2) is 18.9. The molecule has 0 aromatic carbocycles. The lowest BCUT2D eigenvalue weighted by Crippen LogP contribution is -2.67. The van der Waals surface area contributed by atoms with Gasteiger partial charge in [0.1, 0.15) is 5.41 Å². The minimum atomic E-state index is -1.62. The van der Waals surface area contributed by atoms with Crippen LogP contribution in [0.15, 0.2) is 0 Å². The van der Waals surface area contributed by atoms with E-state index in [4.69, 9.17) is 33.5 Å². The Bertz CT molecular complexity index is 526. The zero-order chi connectivity index (χ0) is 27.7. The van der Waals surface area contributed by atoms with E-state index < -0.39 is 17.4 Å². The Hall–Kier alpha value is -0.280. The van der Waals surface area contributed by atoms with Crippen molar-refractivity contribution >= 4 is 0 Å². The number of rotatable bonds is 24. The summed E-state index contributed by atoms with van der Waals surface area (Å²) in [6.45, 7) is 24.4. The van der Waals surface area contributed by atoms with Gasteiger partial charge >= 0.3 is 5.97 Å². The molecule has 0 aromatic rings. The highest BCUT2D eigenvalue weighted by Gasteiger charge is 2.66. The summed E-state index contributed by atoms with van der Waals surface area (Å²) in [5.74, 6) is -2.63. The van der Waals surface area contributed by atoms with Crippen molar-refractivity contribution in [1.82, 2.24) is 0 Å². The Morgan fingerprint density at radius 1 is 0.611 bits per heavy atom. The van der Waals surface area contributed by atoms with Crippen LogP contribution in [0.1, 0.15) is 128 Å². The third kappa shape index (κ3) is 11.6. The predicted molar refractivity (Wildman–Crippen MR) is 145 cm³/mol. The van der Waals surface area contributed by atoms with E-state index in [0.29, 0.717) is 32.3 Å². The number of ether oxygens (including phenoxy) is 5. The lowest BCUT2D eigenvalue weighted by atomic mass is 9.85. The Morgan fingerprint density at radius 2 is 1.19 bits per heavy atom. The average molecular weight is 521 g/mol. The number of hydrogen-bond acceptors (Lipinski definition) is 7. The SMILES string of the molecule is CCCCCOC(OOCCC(C)C)(OC(C)CC)C(C)(C)C(OCCC)(OCCCC)OC(C)C. The van der Waals surface area contributed by atoms with Crippen molar-refractivity contribution in [2.45, 2.75) is 152 Å². The van der Waals surface area contributed by atoms with E-state index in [2.05, 4.69) is 41.5 Å². The van der Waals surface area contributed by atoms with Gasteiger partial charge in [-0.15, -0.1) is 0 Å². The highest BCUT2D eigenvalue weighted by Crippen LogP contribution is 2.50. The Morgan fingerprint density at radius 3 is 1.72 bits per heavy atom. The van der Waals surface area contributed by atoms with Crippen LogP contribution >= 0.6 is 0 Å². The molecule has 0 heterocycles. The van der Waals surface area contributed by atoms with Gasteiger partial charge in [0.05, 0.1) is 38.6 Å². The van der Waals surface area contributed by atoms with Crippen molar-refractivity contribution in [2.24, 2.45) is 11.3 Å². The first-order chi connectivity index (χ1) is 17.0. The van der Waals surface area contributed by atoms with Gasteiger partial charge in [-0.2, -0.15) is 4.89 Å². The molecule has 218 valence electrons. The summed E-state index contributed by atoms with van der Waals surface area (Å²) in [7, 11) is 0. The summed E-state index contributed by atoms with van der Waals surface area (Å²) in [6.07, 6.45) is 6.95. The molecule has 7 nitrogen and oxygen atoms in total. The molecule has 0 N–H and O–H groups in total. The molecule has 0 rings (SSSR count). The summed E-state index contributed by atoms with van der Waals surface area (Å²) in [5.41, 5.74) is -1.08. The molecule has 0 saturated heterocycles. The molecule has 7 heteroatoms. The first-order valence-electron chi connectivity index (χ1n) is 14.5. The fourth-order valence-corrected chi connectivity index (χ4v) is 3.52. The minimum absolute atomic E-state index is 0.164. The molecule has 0 saturated carbocycles. The van der Waals surface area contributed by atoms with Gasteiger partial charge in [0.25, 0.3) is 5.97 Å². The van der Waals surface area contributed by atoms with Crippen LogP contribution in [0.5, 0.6) is 0 Å². The van der Waals surface area contributed by atoms with Gasteiger partial charge in [0.2, 0.25) is 0 Å². The van der Waals surface area contributed by atoms with Crippen molar-refractivity contribution in [3.63, 3.8) is 0 Å². The summed E-state index contributed by atoms with van der Waals surface area (Å²) >= 11 is 0. The molecule has 0 bridgehead atoms. The lowest BCUT2D eigenvalue weighted by molar-refractivity contribution is -0.584. The summed E-state index contributed by atoms with van der Waals surface area (Å²) in [6, 6.07) is 0. The van der Waals surface area contributed by atoms with Crippen molar-refractivity contribution in [2.75, 3.05) is 26.4 Å². The van der Waals surface area contributed by atoms with Crippen LogP contribution in [-0.4, -0.2) is 50.6 Å². The average Bonchev–Trinajstić information content (AvgIpc) is 2.81. The normalized spacial score (nSPS) is 16.9. The molecular weight excluding hydrogens is 460 g/mol. The first-order valence-corrected chi connectivity index (χ1v) is 14.5. The van der Waals surface area contributed by atoms with Crippen molar-refractivity contribution in [3.8, 4) is 0 Å². The Labute approximate surface area is 223 Å². The van der Waals surface area contributed by atoms with Crippen LogP contribution in [0.3, 0.4) is 0 Å². The Balaban J connectivity index is 6.63. The van der Waals surface area contributed by atoms with E-state index in [0.717, 1.165) is 51.4 Å². The van der Waals surface area contributed by atoms with Gasteiger partial charge in [0.15, 0.2) is 0 Å². The van der Waals surface area contributed by atoms with Crippen LogP contribution in [0, 0.1) is 11.3 Å². The first kappa shape index (κ1) is 35.7.